The normalized spacial score (nSPS) is 14.3. The monoisotopic (exact) mass is 316 g/mol. The molecule has 23 heavy (non-hydrogen) atoms. The molecule has 1 aliphatic rings. The molecule has 0 amide bonds. The lowest BCUT2D eigenvalue weighted by Crippen LogP contribution is -2.35. The van der Waals surface area contributed by atoms with Crippen LogP contribution in [0, 0.1) is 0 Å². The lowest BCUT2D eigenvalue weighted by molar-refractivity contribution is 0.234. The van der Waals surface area contributed by atoms with E-state index < -0.39 is 0 Å². The van der Waals surface area contributed by atoms with Gasteiger partial charge in [0, 0.05) is 26.1 Å². The first-order valence-corrected chi connectivity index (χ1v) is 7.42. The number of benzene rings is 1. The van der Waals surface area contributed by atoms with Gasteiger partial charge in [-0.3, -0.25) is 14.7 Å². The zero-order valence-electron chi connectivity index (χ0n) is 13.3. The highest BCUT2D eigenvalue weighted by Gasteiger charge is 2.23. The largest absolute Gasteiger partial charge is 0.496 e. The Bertz CT molecular complexity index is 750. The number of nitrogen functional groups attached to an aromatic ring is 1. The average molecular weight is 316 g/mol. The lowest BCUT2D eigenvalue weighted by atomic mass is 10.1. The number of rotatable bonds is 4. The number of methoxy groups -OCH3 is 2. The third-order valence-electron chi connectivity index (χ3n) is 4.08. The van der Waals surface area contributed by atoms with Crippen LogP contribution in [0.2, 0.25) is 0 Å². The standard InChI is InChI=1S/C16H20N4O3/c1-22-13-4-3-5-14(23-2)11(13)9-20-7-6-12-10(8-20)15(21)19-16(17)18-12/h3-5H,6-9H2,1-2H3,(H3,17,18,19,21). The second-order valence-electron chi connectivity index (χ2n) is 5.48. The predicted molar refractivity (Wildman–Crippen MR) is 86.6 cm³/mol. The molecule has 2 heterocycles. The number of ether oxygens (including phenoxy) is 2. The molecule has 3 N–H and O–H groups in total. The molecule has 0 radical (unpaired) electrons. The van der Waals surface area contributed by atoms with E-state index in [0.717, 1.165) is 29.3 Å². The third kappa shape index (κ3) is 3.00. The molecular formula is C16H20N4O3. The number of aromatic nitrogens is 2. The molecule has 122 valence electrons. The fourth-order valence-corrected chi connectivity index (χ4v) is 2.94. The first-order chi connectivity index (χ1) is 11.1. The van der Waals surface area contributed by atoms with Gasteiger partial charge in [-0.05, 0) is 12.1 Å². The zero-order valence-corrected chi connectivity index (χ0v) is 13.3. The number of nitrogens with zero attached hydrogens (tertiary/aromatic N) is 2. The molecular weight excluding hydrogens is 296 g/mol. The van der Waals surface area contributed by atoms with E-state index in [1.54, 1.807) is 14.2 Å². The molecule has 1 aromatic heterocycles. The van der Waals surface area contributed by atoms with Gasteiger partial charge in [-0.1, -0.05) is 6.07 Å². The number of fused-ring (bicyclic) bond motifs is 1. The zero-order chi connectivity index (χ0) is 16.4. The van der Waals surface area contributed by atoms with Crippen molar-refractivity contribution < 1.29 is 9.47 Å². The molecule has 1 aromatic carbocycles. The minimum atomic E-state index is -0.163. The minimum Gasteiger partial charge on any atom is -0.496 e. The summed E-state index contributed by atoms with van der Waals surface area (Å²) in [5.41, 5.74) is 7.88. The van der Waals surface area contributed by atoms with Gasteiger partial charge in [0.25, 0.3) is 5.56 Å². The van der Waals surface area contributed by atoms with Crippen molar-refractivity contribution in [2.45, 2.75) is 19.5 Å². The van der Waals surface area contributed by atoms with Crippen molar-refractivity contribution in [2.75, 3.05) is 26.5 Å². The van der Waals surface area contributed by atoms with Gasteiger partial charge < -0.3 is 15.2 Å². The number of aromatic amines is 1. The molecule has 2 aromatic rings. The van der Waals surface area contributed by atoms with Gasteiger partial charge in [0.1, 0.15) is 11.5 Å². The van der Waals surface area contributed by atoms with Crippen LogP contribution in [-0.2, 0) is 19.5 Å². The molecule has 0 bridgehead atoms. The Morgan fingerprint density at radius 3 is 2.65 bits per heavy atom. The molecule has 0 unspecified atom stereocenters. The SMILES string of the molecule is COc1cccc(OC)c1CN1CCc2nc(N)[nH]c(=O)c2C1. The van der Waals surface area contributed by atoms with Crippen molar-refractivity contribution in [3.63, 3.8) is 0 Å². The number of nitrogens with two attached hydrogens (primary N) is 1. The van der Waals surface area contributed by atoms with E-state index in [2.05, 4.69) is 14.9 Å². The molecule has 1 aliphatic heterocycles. The van der Waals surface area contributed by atoms with Gasteiger partial charge in [-0.25, -0.2) is 4.98 Å². The van der Waals surface area contributed by atoms with Crippen LogP contribution in [0.1, 0.15) is 16.8 Å². The predicted octanol–water partition coefficient (Wildman–Crippen LogP) is 0.928. The van der Waals surface area contributed by atoms with E-state index >= 15 is 0 Å². The molecule has 7 nitrogen and oxygen atoms in total. The van der Waals surface area contributed by atoms with E-state index in [4.69, 9.17) is 15.2 Å². The summed E-state index contributed by atoms with van der Waals surface area (Å²) in [4.78, 5) is 21.0. The number of nitrogens with one attached hydrogen (secondary N) is 1. The van der Waals surface area contributed by atoms with E-state index in [1.165, 1.54) is 0 Å². The van der Waals surface area contributed by atoms with Crippen molar-refractivity contribution in [3.05, 3.63) is 45.4 Å². The summed E-state index contributed by atoms with van der Waals surface area (Å²) in [6, 6.07) is 5.71. The van der Waals surface area contributed by atoms with E-state index in [0.29, 0.717) is 25.1 Å². The highest BCUT2D eigenvalue weighted by Crippen LogP contribution is 2.30. The van der Waals surface area contributed by atoms with Gasteiger partial charge in [0.15, 0.2) is 0 Å². The average Bonchev–Trinajstić information content (AvgIpc) is 2.55. The van der Waals surface area contributed by atoms with Gasteiger partial charge in [0.2, 0.25) is 5.95 Å². The van der Waals surface area contributed by atoms with Gasteiger partial charge >= 0.3 is 0 Å². The Kier molecular flexibility index (Phi) is 4.20. The van der Waals surface area contributed by atoms with E-state index in [9.17, 15) is 4.79 Å². The highest BCUT2D eigenvalue weighted by atomic mass is 16.5. The van der Waals surface area contributed by atoms with Gasteiger partial charge in [-0.2, -0.15) is 0 Å². The molecule has 7 heteroatoms. The van der Waals surface area contributed by atoms with Crippen LogP contribution < -0.4 is 20.8 Å². The Morgan fingerprint density at radius 2 is 2.00 bits per heavy atom. The molecule has 0 aliphatic carbocycles. The molecule has 0 fully saturated rings. The fourth-order valence-electron chi connectivity index (χ4n) is 2.94. The second kappa shape index (κ2) is 6.29. The first kappa shape index (κ1) is 15.4. The van der Waals surface area contributed by atoms with Crippen LogP contribution in [0.3, 0.4) is 0 Å². The summed E-state index contributed by atoms with van der Waals surface area (Å²) in [6.45, 7) is 1.96. The van der Waals surface area contributed by atoms with Crippen molar-refractivity contribution in [1.29, 1.82) is 0 Å². The summed E-state index contributed by atoms with van der Waals surface area (Å²) >= 11 is 0. The third-order valence-corrected chi connectivity index (χ3v) is 4.08. The minimum absolute atomic E-state index is 0.163. The Morgan fingerprint density at radius 1 is 1.30 bits per heavy atom. The molecule has 0 spiro atoms. The molecule has 0 atom stereocenters. The molecule has 0 saturated heterocycles. The second-order valence-corrected chi connectivity index (χ2v) is 5.48. The quantitative estimate of drug-likeness (QED) is 0.871. The summed E-state index contributed by atoms with van der Waals surface area (Å²) in [7, 11) is 3.28. The van der Waals surface area contributed by atoms with Crippen LogP contribution in [0.4, 0.5) is 5.95 Å². The number of anilines is 1. The fraction of sp³-hybridized carbons (Fsp3) is 0.375. The maximum absolute atomic E-state index is 12.1. The van der Waals surface area contributed by atoms with Crippen molar-refractivity contribution in [2.24, 2.45) is 0 Å². The Labute approximate surface area is 134 Å². The van der Waals surface area contributed by atoms with Gasteiger partial charge in [0.05, 0.1) is 31.0 Å². The van der Waals surface area contributed by atoms with Crippen LogP contribution >= 0.6 is 0 Å². The topological polar surface area (TPSA) is 93.5 Å². The van der Waals surface area contributed by atoms with Crippen LogP contribution in [0.5, 0.6) is 11.5 Å². The maximum Gasteiger partial charge on any atom is 0.257 e. The number of H-pyrrole nitrogens is 1. The lowest BCUT2D eigenvalue weighted by Gasteiger charge is -2.28. The Balaban J connectivity index is 1.87. The first-order valence-electron chi connectivity index (χ1n) is 7.42. The van der Waals surface area contributed by atoms with E-state index in [-0.39, 0.29) is 11.5 Å². The summed E-state index contributed by atoms with van der Waals surface area (Å²) in [5.74, 6) is 1.73. The van der Waals surface area contributed by atoms with Gasteiger partial charge in [-0.15, -0.1) is 0 Å². The highest BCUT2D eigenvalue weighted by molar-refractivity contribution is 5.44. The maximum atomic E-state index is 12.1. The summed E-state index contributed by atoms with van der Waals surface area (Å²) in [5, 5.41) is 0. The van der Waals surface area contributed by atoms with Crippen molar-refractivity contribution in [3.8, 4) is 11.5 Å². The van der Waals surface area contributed by atoms with Crippen LogP contribution in [-0.4, -0.2) is 35.6 Å². The number of hydrogen-bond donors (Lipinski definition) is 2. The number of hydrogen-bond acceptors (Lipinski definition) is 6. The van der Waals surface area contributed by atoms with Crippen molar-refractivity contribution in [1.82, 2.24) is 14.9 Å². The van der Waals surface area contributed by atoms with Crippen molar-refractivity contribution >= 4 is 5.95 Å². The van der Waals surface area contributed by atoms with Crippen LogP contribution in [0.25, 0.3) is 0 Å². The van der Waals surface area contributed by atoms with Crippen LogP contribution in [0.15, 0.2) is 23.0 Å². The summed E-state index contributed by atoms with van der Waals surface area (Å²) in [6.07, 6.45) is 0.695. The smallest absolute Gasteiger partial charge is 0.257 e. The summed E-state index contributed by atoms with van der Waals surface area (Å²) < 4.78 is 10.9. The molecule has 3 rings (SSSR count). The Hall–Kier alpha value is -2.54. The molecule has 0 saturated carbocycles. The van der Waals surface area contributed by atoms with E-state index in [1.807, 2.05) is 18.2 Å².